The fraction of sp³-hybridized carbons (Fsp3) is 0. The normalized spacial score (nSPS) is 10.5. The number of amides is 2. The van der Waals surface area contributed by atoms with Crippen LogP contribution < -0.4 is 15.5 Å². The number of carbonyl (C=O) groups is 3. The number of benzene rings is 4. The molecule has 0 heterocycles. The van der Waals surface area contributed by atoms with Gasteiger partial charge in [-0.3, -0.25) is 19.7 Å². The number of non-ortho nitro benzene ring substituents is 1. The van der Waals surface area contributed by atoms with Crippen LogP contribution in [-0.4, -0.2) is 28.9 Å². The van der Waals surface area contributed by atoms with Crippen LogP contribution in [-0.2, 0) is 0 Å². The number of ether oxygens (including phenoxy) is 1. The van der Waals surface area contributed by atoms with Gasteiger partial charge in [0.15, 0.2) is 0 Å². The van der Waals surface area contributed by atoms with E-state index < -0.39 is 16.8 Å². The molecule has 4 aromatic rings. The van der Waals surface area contributed by atoms with E-state index in [9.17, 15) is 24.5 Å². The Kier molecular flexibility index (Phi) is 7.95. The minimum absolute atomic E-state index is 0.0287. The second-order valence-electron chi connectivity index (χ2n) is 7.83. The van der Waals surface area contributed by atoms with Gasteiger partial charge in [0.05, 0.1) is 16.7 Å². The molecule has 0 aliphatic heterocycles. The van der Waals surface area contributed by atoms with Crippen molar-refractivity contribution in [2.24, 2.45) is 5.10 Å². The van der Waals surface area contributed by atoms with Crippen LogP contribution in [0.3, 0.4) is 0 Å². The summed E-state index contributed by atoms with van der Waals surface area (Å²) in [6, 6.07) is 26.7. The summed E-state index contributed by atoms with van der Waals surface area (Å²) >= 11 is 0. The zero-order valence-electron chi connectivity index (χ0n) is 19.7. The van der Waals surface area contributed by atoms with Crippen molar-refractivity contribution in [2.75, 3.05) is 5.32 Å². The summed E-state index contributed by atoms with van der Waals surface area (Å²) < 4.78 is 5.39. The Bertz CT molecular complexity index is 1500. The van der Waals surface area contributed by atoms with Gasteiger partial charge in [-0.2, -0.15) is 5.10 Å². The molecule has 10 heteroatoms. The van der Waals surface area contributed by atoms with Gasteiger partial charge in [-0.1, -0.05) is 36.4 Å². The van der Waals surface area contributed by atoms with Crippen LogP contribution in [0.15, 0.2) is 108 Å². The predicted molar refractivity (Wildman–Crippen MR) is 140 cm³/mol. The van der Waals surface area contributed by atoms with Crippen LogP contribution in [0, 0.1) is 10.1 Å². The number of hydrazone groups is 1. The molecule has 2 N–H and O–H groups in total. The number of rotatable bonds is 8. The molecule has 0 fully saturated rings. The number of nitrogens with zero attached hydrogens (tertiary/aromatic N) is 2. The Morgan fingerprint density at radius 1 is 0.763 bits per heavy atom. The summed E-state index contributed by atoms with van der Waals surface area (Å²) in [7, 11) is 0. The van der Waals surface area contributed by atoms with Crippen molar-refractivity contribution in [2.45, 2.75) is 0 Å². The summed E-state index contributed by atoms with van der Waals surface area (Å²) in [4.78, 5) is 47.8. The van der Waals surface area contributed by atoms with Crippen molar-refractivity contribution < 1.29 is 24.0 Å². The van der Waals surface area contributed by atoms with Crippen molar-refractivity contribution in [1.29, 1.82) is 0 Å². The standard InChI is InChI=1S/C28H20N4O6/c33-26(19-7-3-1-4-8-19)30-23-13-11-20(12-14-23)27(34)31-29-18-22-17-24(32(36)37)15-16-25(22)38-28(35)21-9-5-2-6-10-21/h1-18H,(H,30,33)(H,31,34)/b29-18+. The lowest BCUT2D eigenvalue weighted by molar-refractivity contribution is -0.384. The van der Waals surface area contributed by atoms with E-state index in [1.165, 1.54) is 30.3 Å². The average Bonchev–Trinajstić information content (AvgIpc) is 2.95. The lowest BCUT2D eigenvalue weighted by Gasteiger charge is -2.08. The van der Waals surface area contributed by atoms with E-state index in [1.54, 1.807) is 66.7 Å². The summed E-state index contributed by atoms with van der Waals surface area (Å²) in [5.41, 5.74) is 3.75. The first-order chi connectivity index (χ1) is 18.4. The van der Waals surface area contributed by atoms with E-state index in [4.69, 9.17) is 4.74 Å². The van der Waals surface area contributed by atoms with Crippen LogP contribution in [0.2, 0.25) is 0 Å². The summed E-state index contributed by atoms with van der Waals surface area (Å²) in [6.45, 7) is 0. The zero-order chi connectivity index (χ0) is 26.9. The molecule has 0 saturated carbocycles. The van der Waals surface area contributed by atoms with Gasteiger partial charge in [0.25, 0.3) is 17.5 Å². The van der Waals surface area contributed by atoms with Gasteiger partial charge in [0, 0.05) is 34.5 Å². The average molecular weight is 508 g/mol. The highest BCUT2D eigenvalue weighted by Crippen LogP contribution is 2.24. The topological polar surface area (TPSA) is 140 Å². The van der Waals surface area contributed by atoms with Gasteiger partial charge in [0.1, 0.15) is 5.75 Å². The molecule has 4 rings (SSSR count). The smallest absolute Gasteiger partial charge is 0.343 e. The highest BCUT2D eigenvalue weighted by molar-refractivity contribution is 6.04. The number of hydrogen-bond donors (Lipinski definition) is 2. The molecule has 0 unspecified atom stereocenters. The largest absolute Gasteiger partial charge is 0.422 e. The Morgan fingerprint density at radius 3 is 2.00 bits per heavy atom. The third kappa shape index (κ3) is 6.52. The first kappa shape index (κ1) is 25.5. The van der Waals surface area contributed by atoms with Crippen LogP contribution in [0.1, 0.15) is 36.6 Å². The number of nitro groups is 1. The molecule has 0 aliphatic carbocycles. The van der Waals surface area contributed by atoms with E-state index >= 15 is 0 Å². The fourth-order valence-corrected chi connectivity index (χ4v) is 3.30. The fourth-order valence-electron chi connectivity index (χ4n) is 3.30. The second kappa shape index (κ2) is 11.9. The minimum Gasteiger partial charge on any atom is -0.422 e. The predicted octanol–water partition coefficient (Wildman–Crippen LogP) is 4.83. The van der Waals surface area contributed by atoms with Gasteiger partial charge in [0.2, 0.25) is 0 Å². The monoisotopic (exact) mass is 508 g/mol. The molecule has 0 bridgehead atoms. The molecule has 10 nitrogen and oxygen atoms in total. The number of nitro benzene ring substituents is 1. The molecule has 0 aliphatic rings. The molecule has 0 saturated heterocycles. The van der Waals surface area contributed by atoms with Crippen molar-refractivity contribution in [1.82, 2.24) is 5.43 Å². The molecule has 0 radical (unpaired) electrons. The second-order valence-corrected chi connectivity index (χ2v) is 7.83. The summed E-state index contributed by atoms with van der Waals surface area (Å²) in [6.07, 6.45) is 1.15. The van der Waals surface area contributed by atoms with E-state index in [-0.39, 0.29) is 28.5 Å². The maximum Gasteiger partial charge on any atom is 0.343 e. The van der Waals surface area contributed by atoms with Crippen LogP contribution in [0.4, 0.5) is 11.4 Å². The quantitative estimate of drug-likeness (QED) is 0.115. The maximum absolute atomic E-state index is 12.5. The van der Waals surface area contributed by atoms with Gasteiger partial charge < -0.3 is 10.1 Å². The Hall–Kier alpha value is -5.64. The van der Waals surface area contributed by atoms with Gasteiger partial charge >= 0.3 is 5.97 Å². The van der Waals surface area contributed by atoms with Crippen LogP contribution in [0.25, 0.3) is 0 Å². The SMILES string of the molecule is O=C(N/N=C/c1cc([N+](=O)[O-])ccc1OC(=O)c1ccccc1)c1ccc(NC(=O)c2ccccc2)cc1. The molecule has 0 spiro atoms. The number of nitrogens with one attached hydrogen (secondary N) is 2. The van der Waals surface area contributed by atoms with E-state index in [2.05, 4.69) is 15.8 Å². The van der Waals surface area contributed by atoms with Gasteiger partial charge in [-0.25, -0.2) is 10.2 Å². The Morgan fingerprint density at radius 2 is 1.37 bits per heavy atom. The lowest BCUT2D eigenvalue weighted by Crippen LogP contribution is -2.18. The van der Waals surface area contributed by atoms with Crippen LogP contribution >= 0.6 is 0 Å². The van der Waals surface area contributed by atoms with Crippen molar-refractivity contribution >= 4 is 35.4 Å². The first-order valence-electron chi connectivity index (χ1n) is 11.3. The third-order valence-electron chi connectivity index (χ3n) is 5.23. The van der Waals surface area contributed by atoms with E-state index in [0.29, 0.717) is 16.8 Å². The van der Waals surface area contributed by atoms with E-state index in [0.717, 1.165) is 6.21 Å². The number of hydrogen-bond acceptors (Lipinski definition) is 7. The van der Waals surface area contributed by atoms with Gasteiger partial charge in [-0.05, 0) is 54.6 Å². The van der Waals surface area contributed by atoms with Gasteiger partial charge in [-0.15, -0.1) is 0 Å². The van der Waals surface area contributed by atoms with Crippen molar-refractivity contribution in [3.63, 3.8) is 0 Å². The molecule has 4 aromatic carbocycles. The highest BCUT2D eigenvalue weighted by Gasteiger charge is 2.15. The molecule has 188 valence electrons. The Balaban J connectivity index is 1.43. The maximum atomic E-state index is 12.5. The van der Waals surface area contributed by atoms with Crippen molar-refractivity contribution in [3.8, 4) is 5.75 Å². The summed E-state index contributed by atoms with van der Waals surface area (Å²) in [5, 5.41) is 17.8. The zero-order valence-corrected chi connectivity index (χ0v) is 19.7. The van der Waals surface area contributed by atoms with Crippen molar-refractivity contribution in [3.05, 3.63) is 135 Å². The molecular formula is C28H20N4O6. The highest BCUT2D eigenvalue weighted by atomic mass is 16.6. The van der Waals surface area contributed by atoms with E-state index in [1.807, 2.05) is 6.07 Å². The third-order valence-corrected chi connectivity index (χ3v) is 5.23. The molecule has 0 aromatic heterocycles. The lowest BCUT2D eigenvalue weighted by atomic mass is 10.1. The minimum atomic E-state index is -0.655. The molecule has 0 atom stereocenters. The number of carbonyl (C=O) groups excluding carboxylic acids is 3. The molecular weight excluding hydrogens is 488 g/mol. The molecule has 2 amide bonds. The first-order valence-corrected chi connectivity index (χ1v) is 11.3. The molecule has 38 heavy (non-hydrogen) atoms. The van der Waals surface area contributed by atoms with Crippen LogP contribution in [0.5, 0.6) is 5.75 Å². The Labute approximate surface area is 216 Å². The number of esters is 1. The summed E-state index contributed by atoms with van der Waals surface area (Å²) in [5.74, 6) is -1.47. The number of anilines is 1.